The molecule has 0 saturated heterocycles. The van der Waals surface area contributed by atoms with Gasteiger partial charge in [-0.1, -0.05) is 42.5 Å². The van der Waals surface area contributed by atoms with Gasteiger partial charge < -0.3 is 4.90 Å². The molecule has 120 valence electrons. The van der Waals surface area contributed by atoms with Crippen molar-refractivity contribution in [1.82, 2.24) is 19.7 Å². The number of nitrogens with zero attached hydrogens (tertiary/aromatic N) is 4. The second-order valence-corrected chi connectivity index (χ2v) is 5.78. The van der Waals surface area contributed by atoms with E-state index >= 15 is 0 Å². The Kier molecular flexibility index (Phi) is 4.86. The summed E-state index contributed by atoms with van der Waals surface area (Å²) in [5.41, 5.74) is 1.15. The quantitative estimate of drug-likeness (QED) is 0.852. The van der Waals surface area contributed by atoms with Crippen molar-refractivity contribution >= 4 is 12.0 Å². The van der Waals surface area contributed by atoms with Gasteiger partial charge in [0.1, 0.15) is 12.2 Å². The number of likely N-dealkylation sites (N-methyl/N-ethyl adjacent to an activating group) is 1. The van der Waals surface area contributed by atoms with E-state index in [1.807, 2.05) is 34.7 Å². The Balaban J connectivity index is 1.60. The maximum atomic E-state index is 12.7. The van der Waals surface area contributed by atoms with Gasteiger partial charge in [-0.3, -0.25) is 4.79 Å². The summed E-state index contributed by atoms with van der Waals surface area (Å²) in [7, 11) is 0. The topological polar surface area (TPSA) is 51.0 Å². The molecule has 5 nitrogen and oxygen atoms in total. The molecule has 1 aliphatic heterocycles. The third-order valence-corrected chi connectivity index (χ3v) is 4.28. The lowest BCUT2D eigenvalue weighted by Gasteiger charge is -2.28. The van der Waals surface area contributed by atoms with E-state index in [-0.39, 0.29) is 11.8 Å². The molecule has 1 amide bonds. The molecule has 0 radical (unpaired) electrons. The average molecular weight is 310 g/mol. The third-order valence-electron chi connectivity index (χ3n) is 4.28. The first-order chi connectivity index (χ1) is 11.3. The van der Waals surface area contributed by atoms with E-state index < -0.39 is 0 Å². The Morgan fingerprint density at radius 2 is 2.22 bits per heavy atom. The lowest BCUT2D eigenvalue weighted by Crippen LogP contribution is -2.40. The summed E-state index contributed by atoms with van der Waals surface area (Å²) in [6.45, 7) is 4.04. The molecule has 1 aromatic carbocycles. The van der Waals surface area contributed by atoms with Crippen molar-refractivity contribution in [2.75, 3.05) is 13.1 Å². The number of aromatic nitrogens is 3. The van der Waals surface area contributed by atoms with Gasteiger partial charge in [0.05, 0.1) is 12.5 Å². The minimum Gasteiger partial charge on any atom is -0.339 e. The van der Waals surface area contributed by atoms with Crippen LogP contribution >= 0.6 is 0 Å². The van der Waals surface area contributed by atoms with E-state index in [2.05, 4.69) is 34.4 Å². The van der Waals surface area contributed by atoms with Crippen LogP contribution in [0.2, 0.25) is 0 Å². The molecule has 0 N–H and O–H groups in total. The molecule has 1 atom stereocenters. The van der Waals surface area contributed by atoms with Gasteiger partial charge in [-0.05, 0) is 18.9 Å². The third kappa shape index (κ3) is 3.67. The summed E-state index contributed by atoms with van der Waals surface area (Å²) in [6, 6.07) is 10.1. The van der Waals surface area contributed by atoms with Crippen molar-refractivity contribution in [2.24, 2.45) is 5.92 Å². The van der Waals surface area contributed by atoms with E-state index in [4.69, 9.17) is 0 Å². The molecular weight excluding hydrogens is 288 g/mol. The number of aryl methyl sites for hydroxylation is 1. The van der Waals surface area contributed by atoms with Gasteiger partial charge in [0, 0.05) is 19.5 Å². The Bertz CT molecular complexity index is 677. The highest BCUT2D eigenvalue weighted by Gasteiger charge is 2.28. The zero-order valence-electron chi connectivity index (χ0n) is 13.4. The highest BCUT2D eigenvalue weighted by molar-refractivity contribution is 5.79. The highest BCUT2D eigenvalue weighted by Crippen LogP contribution is 2.19. The fourth-order valence-electron chi connectivity index (χ4n) is 2.95. The van der Waals surface area contributed by atoms with Crippen molar-refractivity contribution in [3.05, 3.63) is 54.1 Å². The minimum atomic E-state index is 0.00859. The molecule has 2 heterocycles. The molecular formula is C18H22N4O. The normalized spacial score (nSPS) is 17.2. The Hall–Kier alpha value is -2.43. The van der Waals surface area contributed by atoms with Gasteiger partial charge >= 0.3 is 0 Å². The van der Waals surface area contributed by atoms with Crippen LogP contribution in [0.25, 0.3) is 6.08 Å². The Morgan fingerprint density at radius 3 is 3.00 bits per heavy atom. The first-order valence-corrected chi connectivity index (χ1v) is 8.15. The number of hydrogen-bond donors (Lipinski definition) is 0. The molecule has 2 aromatic rings. The summed E-state index contributed by atoms with van der Waals surface area (Å²) in [5.74, 6) is 1.21. The number of hydrogen-bond acceptors (Lipinski definition) is 3. The molecule has 5 heteroatoms. The molecule has 0 bridgehead atoms. The van der Waals surface area contributed by atoms with E-state index in [1.54, 1.807) is 6.33 Å². The van der Waals surface area contributed by atoms with Crippen LogP contribution in [-0.4, -0.2) is 38.7 Å². The first kappa shape index (κ1) is 15.5. The lowest BCUT2D eigenvalue weighted by molar-refractivity contribution is -0.135. The van der Waals surface area contributed by atoms with Crippen LogP contribution in [-0.2, 0) is 17.8 Å². The number of carbonyl (C=O) groups is 1. The molecule has 3 rings (SSSR count). The lowest BCUT2D eigenvalue weighted by atomic mass is 9.98. The molecule has 1 aromatic heterocycles. The van der Waals surface area contributed by atoms with Crippen molar-refractivity contribution in [2.45, 2.75) is 26.3 Å². The summed E-state index contributed by atoms with van der Waals surface area (Å²) < 4.78 is 1.86. The summed E-state index contributed by atoms with van der Waals surface area (Å²) >= 11 is 0. The molecule has 1 unspecified atom stereocenters. The average Bonchev–Trinajstić information content (AvgIpc) is 3.07. The number of carbonyl (C=O) groups excluding carboxylic acids is 1. The van der Waals surface area contributed by atoms with Crippen LogP contribution in [0.3, 0.4) is 0 Å². The Labute approximate surface area is 136 Å². The van der Waals surface area contributed by atoms with Crippen LogP contribution in [0.5, 0.6) is 0 Å². The van der Waals surface area contributed by atoms with Crippen molar-refractivity contribution in [1.29, 1.82) is 0 Å². The predicted octanol–water partition coefficient (Wildman–Crippen LogP) is 2.40. The molecule has 0 saturated carbocycles. The first-order valence-electron chi connectivity index (χ1n) is 8.15. The fraction of sp³-hybridized carbons (Fsp3) is 0.389. The maximum absolute atomic E-state index is 12.7. The molecule has 1 aliphatic rings. The van der Waals surface area contributed by atoms with E-state index in [0.29, 0.717) is 13.1 Å². The van der Waals surface area contributed by atoms with E-state index in [9.17, 15) is 4.79 Å². The zero-order valence-corrected chi connectivity index (χ0v) is 13.4. The monoisotopic (exact) mass is 310 g/mol. The SMILES string of the molecule is CCN(CC=Cc1ccccc1)C(=O)C1CCc2ncnn2C1. The highest BCUT2D eigenvalue weighted by atomic mass is 16.2. The smallest absolute Gasteiger partial charge is 0.227 e. The largest absolute Gasteiger partial charge is 0.339 e. The zero-order chi connectivity index (χ0) is 16.1. The number of rotatable bonds is 5. The van der Waals surface area contributed by atoms with Gasteiger partial charge in [0.25, 0.3) is 0 Å². The van der Waals surface area contributed by atoms with Crippen molar-refractivity contribution < 1.29 is 4.79 Å². The second kappa shape index (κ2) is 7.22. The molecule has 0 spiro atoms. The van der Waals surface area contributed by atoms with Gasteiger partial charge in [0.2, 0.25) is 5.91 Å². The maximum Gasteiger partial charge on any atom is 0.227 e. The van der Waals surface area contributed by atoms with Crippen LogP contribution in [0.15, 0.2) is 42.7 Å². The predicted molar refractivity (Wildman–Crippen MR) is 89.6 cm³/mol. The Morgan fingerprint density at radius 1 is 1.39 bits per heavy atom. The summed E-state index contributed by atoms with van der Waals surface area (Å²) in [6.07, 6.45) is 7.37. The van der Waals surface area contributed by atoms with Crippen LogP contribution < -0.4 is 0 Å². The van der Waals surface area contributed by atoms with Crippen molar-refractivity contribution in [3.8, 4) is 0 Å². The van der Waals surface area contributed by atoms with Crippen LogP contribution in [0.1, 0.15) is 24.7 Å². The van der Waals surface area contributed by atoms with E-state index in [0.717, 1.165) is 30.8 Å². The molecule has 0 fully saturated rings. The summed E-state index contributed by atoms with van der Waals surface area (Å²) in [5, 5.41) is 4.20. The number of benzene rings is 1. The summed E-state index contributed by atoms with van der Waals surface area (Å²) in [4.78, 5) is 18.9. The molecule has 0 aliphatic carbocycles. The fourth-order valence-corrected chi connectivity index (χ4v) is 2.95. The van der Waals surface area contributed by atoms with Crippen LogP contribution in [0, 0.1) is 5.92 Å². The van der Waals surface area contributed by atoms with Gasteiger partial charge in [0.15, 0.2) is 0 Å². The minimum absolute atomic E-state index is 0.00859. The van der Waals surface area contributed by atoms with Gasteiger partial charge in [-0.15, -0.1) is 0 Å². The van der Waals surface area contributed by atoms with Crippen molar-refractivity contribution in [3.63, 3.8) is 0 Å². The van der Waals surface area contributed by atoms with Crippen LogP contribution in [0.4, 0.5) is 0 Å². The van der Waals surface area contributed by atoms with E-state index in [1.165, 1.54) is 0 Å². The number of amides is 1. The number of fused-ring (bicyclic) bond motifs is 1. The van der Waals surface area contributed by atoms with Gasteiger partial charge in [-0.2, -0.15) is 5.10 Å². The second-order valence-electron chi connectivity index (χ2n) is 5.78. The standard InChI is InChI=1S/C18H22N4O/c1-2-21(12-6-9-15-7-4-3-5-8-15)18(23)16-10-11-17-19-14-20-22(17)13-16/h3-9,14,16H,2,10-13H2,1H3. The molecule has 23 heavy (non-hydrogen) atoms. The van der Waals surface area contributed by atoms with Gasteiger partial charge in [-0.25, -0.2) is 9.67 Å².